The maximum Gasteiger partial charge on any atom is 0.0570 e. The summed E-state index contributed by atoms with van der Waals surface area (Å²) >= 11 is 0. The first-order valence-corrected chi connectivity index (χ1v) is 3.68. The van der Waals surface area contributed by atoms with Crippen molar-refractivity contribution in [2.45, 2.75) is 31.4 Å². The molecule has 0 amide bonds. The van der Waals surface area contributed by atoms with Gasteiger partial charge in [-0.2, -0.15) is 0 Å². The summed E-state index contributed by atoms with van der Waals surface area (Å²) in [7, 11) is 0. The van der Waals surface area contributed by atoms with Gasteiger partial charge in [0.25, 0.3) is 0 Å². The number of nitrogens with one attached hydrogen (secondary N) is 1. The van der Waals surface area contributed by atoms with Gasteiger partial charge in [-0.25, -0.2) is 0 Å². The molecule has 56 valence electrons. The lowest BCUT2D eigenvalue weighted by atomic mass is 9.89. The molecule has 0 radical (unpaired) electrons. The first-order chi connectivity index (χ1) is 4.83. The maximum absolute atomic E-state index is 8.89. The van der Waals surface area contributed by atoms with Crippen LogP contribution in [0.15, 0.2) is 0 Å². The summed E-state index contributed by atoms with van der Waals surface area (Å²) in [5.41, 5.74) is 0. The highest BCUT2D eigenvalue weighted by atomic mass is 16.3. The van der Waals surface area contributed by atoms with Crippen molar-refractivity contribution in [2.75, 3.05) is 6.54 Å². The predicted octanol–water partition coefficient (Wildman–Crippen LogP) is 0.123. The van der Waals surface area contributed by atoms with Crippen LogP contribution in [0.3, 0.4) is 0 Å². The van der Waals surface area contributed by atoms with Gasteiger partial charge < -0.3 is 10.4 Å². The van der Waals surface area contributed by atoms with Gasteiger partial charge in [0.15, 0.2) is 0 Å². The molecule has 1 aliphatic carbocycles. The SMILES string of the molecule is C#CCCNC1CC(O)C1. The van der Waals surface area contributed by atoms with Crippen molar-refractivity contribution in [3.8, 4) is 12.3 Å². The van der Waals surface area contributed by atoms with Crippen molar-refractivity contribution < 1.29 is 5.11 Å². The summed E-state index contributed by atoms with van der Waals surface area (Å²) in [6.07, 6.45) is 7.57. The minimum absolute atomic E-state index is 0.0664. The monoisotopic (exact) mass is 139 g/mol. The number of aliphatic hydroxyl groups is 1. The van der Waals surface area contributed by atoms with Gasteiger partial charge in [0.1, 0.15) is 0 Å². The largest absolute Gasteiger partial charge is 0.393 e. The van der Waals surface area contributed by atoms with Crippen molar-refractivity contribution >= 4 is 0 Å². The van der Waals surface area contributed by atoms with Crippen LogP contribution >= 0.6 is 0 Å². The van der Waals surface area contributed by atoms with Crippen molar-refractivity contribution in [1.29, 1.82) is 0 Å². The molecule has 0 spiro atoms. The van der Waals surface area contributed by atoms with Gasteiger partial charge in [-0.1, -0.05) is 0 Å². The van der Waals surface area contributed by atoms with Crippen molar-refractivity contribution in [2.24, 2.45) is 0 Å². The van der Waals surface area contributed by atoms with E-state index in [0.717, 1.165) is 25.8 Å². The molecule has 1 rings (SSSR count). The highest BCUT2D eigenvalue weighted by Gasteiger charge is 2.25. The lowest BCUT2D eigenvalue weighted by Crippen LogP contribution is -2.44. The second-order valence-corrected chi connectivity index (χ2v) is 2.73. The molecule has 0 aromatic carbocycles. The minimum atomic E-state index is -0.0664. The van der Waals surface area contributed by atoms with Gasteiger partial charge in [-0.3, -0.25) is 0 Å². The molecule has 0 unspecified atom stereocenters. The highest BCUT2D eigenvalue weighted by Crippen LogP contribution is 2.18. The molecule has 2 N–H and O–H groups in total. The van der Waals surface area contributed by atoms with Crippen LogP contribution in [0.1, 0.15) is 19.3 Å². The van der Waals surface area contributed by atoms with Crippen LogP contribution in [-0.2, 0) is 0 Å². The molecule has 0 aliphatic heterocycles. The maximum atomic E-state index is 8.89. The fourth-order valence-electron chi connectivity index (χ4n) is 1.10. The van der Waals surface area contributed by atoms with E-state index in [1.165, 1.54) is 0 Å². The number of rotatable bonds is 3. The molecular weight excluding hydrogens is 126 g/mol. The van der Waals surface area contributed by atoms with Gasteiger partial charge in [0.05, 0.1) is 6.10 Å². The summed E-state index contributed by atoms with van der Waals surface area (Å²) in [5.74, 6) is 2.56. The first-order valence-electron chi connectivity index (χ1n) is 3.68. The van der Waals surface area contributed by atoms with Crippen molar-refractivity contribution in [3.63, 3.8) is 0 Å². The van der Waals surface area contributed by atoms with Crippen LogP contribution in [0.25, 0.3) is 0 Å². The van der Waals surface area contributed by atoms with Crippen LogP contribution in [0.5, 0.6) is 0 Å². The Labute approximate surface area is 61.6 Å². The Morgan fingerprint density at radius 3 is 2.80 bits per heavy atom. The molecule has 10 heavy (non-hydrogen) atoms. The summed E-state index contributed by atoms with van der Waals surface area (Å²) in [4.78, 5) is 0. The van der Waals surface area contributed by atoms with Crippen molar-refractivity contribution in [3.05, 3.63) is 0 Å². The van der Waals surface area contributed by atoms with E-state index in [0.29, 0.717) is 6.04 Å². The molecule has 1 fully saturated rings. The normalized spacial score (nSPS) is 30.8. The molecule has 0 saturated heterocycles. The molecule has 0 bridgehead atoms. The number of hydrogen-bond acceptors (Lipinski definition) is 2. The van der Waals surface area contributed by atoms with Crippen LogP contribution in [0.2, 0.25) is 0 Å². The number of aliphatic hydroxyl groups excluding tert-OH is 1. The molecule has 1 aliphatic rings. The zero-order valence-electron chi connectivity index (χ0n) is 6.01. The molecule has 2 nitrogen and oxygen atoms in total. The lowest BCUT2D eigenvalue weighted by molar-refractivity contribution is 0.0630. The van der Waals surface area contributed by atoms with Crippen LogP contribution < -0.4 is 5.32 Å². The Bertz CT molecular complexity index is 133. The minimum Gasteiger partial charge on any atom is -0.393 e. The third-order valence-electron chi connectivity index (χ3n) is 1.82. The fourth-order valence-corrected chi connectivity index (χ4v) is 1.10. The van der Waals surface area contributed by atoms with Crippen LogP contribution in [-0.4, -0.2) is 23.8 Å². The summed E-state index contributed by atoms with van der Waals surface area (Å²) < 4.78 is 0. The number of hydrogen-bond donors (Lipinski definition) is 2. The third kappa shape index (κ3) is 2.02. The van der Waals surface area contributed by atoms with Crippen LogP contribution in [0.4, 0.5) is 0 Å². The molecular formula is C8H13NO. The highest BCUT2D eigenvalue weighted by molar-refractivity contribution is 4.88. The van der Waals surface area contributed by atoms with E-state index >= 15 is 0 Å². The van der Waals surface area contributed by atoms with Gasteiger partial charge in [0.2, 0.25) is 0 Å². The average Bonchev–Trinajstić information content (AvgIpc) is 1.85. The van der Waals surface area contributed by atoms with E-state index in [4.69, 9.17) is 11.5 Å². The van der Waals surface area contributed by atoms with E-state index in [1.54, 1.807) is 0 Å². The third-order valence-corrected chi connectivity index (χ3v) is 1.82. The zero-order chi connectivity index (χ0) is 7.40. The number of terminal acetylenes is 1. The summed E-state index contributed by atoms with van der Waals surface area (Å²) in [6, 6.07) is 0.517. The van der Waals surface area contributed by atoms with E-state index in [9.17, 15) is 0 Å². The Kier molecular flexibility index (Phi) is 2.73. The van der Waals surface area contributed by atoms with E-state index in [-0.39, 0.29) is 6.10 Å². The zero-order valence-corrected chi connectivity index (χ0v) is 6.01. The van der Waals surface area contributed by atoms with Gasteiger partial charge >= 0.3 is 0 Å². The summed E-state index contributed by atoms with van der Waals surface area (Å²) in [6.45, 7) is 0.883. The Morgan fingerprint density at radius 2 is 2.30 bits per heavy atom. The molecule has 0 atom stereocenters. The topological polar surface area (TPSA) is 32.3 Å². The van der Waals surface area contributed by atoms with Crippen LogP contribution in [0, 0.1) is 12.3 Å². The van der Waals surface area contributed by atoms with Gasteiger partial charge in [-0.05, 0) is 12.8 Å². The molecule has 0 aromatic heterocycles. The Hall–Kier alpha value is -0.520. The second kappa shape index (κ2) is 3.60. The standard InChI is InChI=1S/C8H13NO/c1-2-3-4-9-7-5-8(10)6-7/h1,7-10H,3-6H2. The van der Waals surface area contributed by atoms with Gasteiger partial charge in [-0.15, -0.1) is 12.3 Å². The average molecular weight is 139 g/mol. The quantitative estimate of drug-likeness (QED) is 0.430. The molecule has 1 saturated carbocycles. The Balaban J connectivity index is 1.91. The molecule has 2 heteroatoms. The lowest BCUT2D eigenvalue weighted by Gasteiger charge is -2.31. The molecule has 0 aromatic rings. The van der Waals surface area contributed by atoms with Crippen molar-refractivity contribution in [1.82, 2.24) is 5.32 Å². The Morgan fingerprint density at radius 1 is 1.60 bits per heavy atom. The fraction of sp³-hybridized carbons (Fsp3) is 0.750. The molecule has 0 heterocycles. The van der Waals surface area contributed by atoms with E-state index in [1.807, 2.05) is 0 Å². The second-order valence-electron chi connectivity index (χ2n) is 2.73. The van der Waals surface area contributed by atoms with E-state index in [2.05, 4.69) is 11.2 Å². The van der Waals surface area contributed by atoms with E-state index < -0.39 is 0 Å². The first kappa shape index (κ1) is 7.59. The summed E-state index contributed by atoms with van der Waals surface area (Å²) in [5, 5.41) is 12.1. The smallest absolute Gasteiger partial charge is 0.0570 e. The van der Waals surface area contributed by atoms with Gasteiger partial charge in [0, 0.05) is 19.0 Å². The predicted molar refractivity (Wildman–Crippen MR) is 40.5 cm³/mol.